The van der Waals surface area contributed by atoms with Gasteiger partial charge in [0.05, 0.1) is 0 Å². The summed E-state index contributed by atoms with van der Waals surface area (Å²) in [6.45, 7) is 5.00. The van der Waals surface area contributed by atoms with Gasteiger partial charge in [-0.2, -0.15) is 0 Å². The van der Waals surface area contributed by atoms with Crippen molar-refractivity contribution in [2.45, 2.75) is 50.7 Å². The lowest BCUT2D eigenvalue weighted by molar-refractivity contribution is 0.452. The molecule has 3 N–H and O–H groups in total. The van der Waals surface area contributed by atoms with Crippen LogP contribution in [0, 0.1) is 12.8 Å². The molecule has 0 spiro atoms. The number of halogens is 1. The molecule has 2 atom stereocenters. The number of nitrogens with two attached hydrogens (primary N) is 1. The topological polar surface area (TPSA) is 90.0 Å². The minimum absolute atomic E-state index is 0. The molecule has 0 amide bonds. The lowest BCUT2D eigenvalue weighted by Gasteiger charge is -2.18. The maximum atomic E-state index is 12.3. The average molecular weight is 323 g/mol. The van der Waals surface area contributed by atoms with E-state index in [-0.39, 0.29) is 29.4 Å². The van der Waals surface area contributed by atoms with Crippen LogP contribution in [0.15, 0.2) is 11.2 Å². The second kappa shape index (κ2) is 6.89. The highest BCUT2D eigenvalue weighted by Gasteiger charge is 2.31. The molecule has 1 saturated carbocycles. The molecule has 1 fully saturated rings. The molecule has 1 aromatic heterocycles. The van der Waals surface area contributed by atoms with Crippen LogP contribution in [0.4, 0.5) is 0 Å². The van der Waals surface area contributed by atoms with E-state index >= 15 is 0 Å². The van der Waals surface area contributed by atoms with Crippen LogP contribution in [-0.2, 0) is 16.6 Å². The number of hydrogen-bond acceptors (Lipinski definition) is 4. The van der Waals surface area contributed by atoms with Crippen molar-refractivity contribution in [2.24, 2.45) is 11.7 Å². The van der Waals surface area contributed by atoms with Crippen LogP contribution in [-0.4, -0.2) is 30.6 Å². The fraction of sp³-hybridized carbons (Fsp3) is 0.750. The minimum atomic E-state index is -3.54. The zero-order valence-electron chi connectivity index (χ0n) is 11.9. The van der Waals surface area contributed by atoms with Gasteiger partial charge >= 0.3 is 0 Å². The highest BCUT2D eigenvalue weighted by Crippen LogP contribution is 2.26. The number of sulfonamides is 1. The van der Waals surface area contributed by atoms with Crippen molar-refractivity contribution >= 4 is 22.4 Å². The van der Waals surface area contributed by atoms with E-state index in [9.17, 15) is 8.42 Å². The van der Waals surface area contributed by atoms with E-state index < -0.39 is 10.0 Å². The Bertz CT molecular complexity index is 544. The van der Waals surface area contributed by atoms with Gasteiger partial charge in [0.15, 0.2) is 5.03 Å². The molecule has 20 heavy (non-hydrogen) atoms. The highest BCUT2D eigenvalue weighted by molar-refractivity contribution is 7.89. The predicted octanol–water partition coefficient (Wildman–Crippen LogP) is 1.04. The molecule has 2 unspecified atom stereocenters. The van der Waals surface area contributed by atoms with Crippen LogP contribution in [0.5, 0.6) is 0 Å². The Balaban J connectivity index is 0.00000200. The molecule has 0 saturated heterocycles. The molecular weight excluding hydrogens is 300 g/mol. The number of nitrogens with one attached hydrogen (secondary N) is 1. The third-order valence-corrected chi connectivity index (χ3v) is 5.20. The van der Waals surface area contributed by atoms with Crippen molar-refractivity contribution in [1.82, 2.24) is 14.3 Å². The second-order valence-corrected chi connectivity index (χ2v) is 6.73. The Morgan fingerprint density at radius 3 is 2.75 bits per heavy atom. The van der Waals surface area contributed by atoms with Gasteiger partial charge in [-0.3, -0.25) is 0 Å². The summed E-state index contributed by atoms with van der Waals surface area (Å²) in [5.41, 5.74) is 5.68. The molecule has 0 aromatic carbocycles. The normalized spacial score (nSPS) is 22.8. The first kappa shape index (κ1) is 17.4. The number of aryl methyl sites for hydroxylation is 2. The van der Waals surface area contributed by atoms with Gasteiger partial charge < -0.3 is 10.3 Å². The monoisotopic (exact) mass is 322 g/mol. The Morgan fingerprint density at radius 1 is 1.50 bits per heavy atom. The van der Waals surface area contributed by atoms with Crippen molar-refractivity contribution in [3.05, 3.63) is 12.0 Å². The van der Waals surface area contributed by atoms with E-state index in [1.54, 1.807) is 13.1 Å². The first-order valence-electron chi connectivity index (χ1n) is 6.74. The van der Waals surface area contributed by atoms with Gasteiger partial charge in [-0.05, 0) is 39.2 Å². The largest absolute Gasteiger partial charge is 0.334 e. The Hall–Kier alpha value is -0.630. The van der Waals surface area contributed by atoms with Crippen LogP contribution in [0.1, 0.15) is 32.0 Å². The fourth-order valence-corrected chi connectivity index (χ4v) is 4.01. The van der Waals surface area contributed by atoms with Crippen molar-refractivity contribution in [1.29, 1.82) is 0 Å². The molecule has 116 valence electrons. The van der Waals surface area contributed by atoms with Crippen LogP contribution in [0.25, 0.3) is 0 Å². The molecule has 1 heterocycles. The Labute approximate surface area is 126 Å². The summed E-state index contributed by atoms with van der Waals surface area (Å²) in [6.07, 6.45) is 4.46. The summed E-state index contributed by atoms with van der Waals surface area (Å²) < 4.78 is 29.2. The minimum Gasteiger partial charge on any atom is -0.334 e. The summed E-state index contributed by atoms with van der Waals surface area (Å²) in [5, 5.41) is 0.106. The first-order valence-corrected chi connectivity index (χ1v) is 8.22. The summed E-state index contributed by atoms with van der Waals surface area (Å²) >= 11 is 0. The number of imidazole rings is 1. The number of aromatic nitrogens is 2. The molecule has 2 rings (SSSR count). The van der Waals surface area contributed by atoms with E-state index in [0.29, 0.717) is 18.9 Å². The molecule has 0 aliphatic heterocycles. The van der Waals surface area contributed by atoms with Crippen molar-refractivity contribution in [2.75, 3.05) is 6.54 Å². The third kappa shape index (κ3) is 3.52. The maximum absolute atomic E-state index is 12.3. The van der Waals surface area contributed by atoms with Gasteiger partial charge in [-0.1, -0.05) is 6.42 Å². The number of hydrogen-bond donors (Lipinski definition) is 2. The third-order valence-electron chi connectivity index (χ3n) is 3.84. The van der Waals surface area contributed by atoms with Crippen LogP contribution >= 0.6 is 12.4 Å². The SMILES string of the molecule is CCn1cc(S(=O)(=O)NC2CCCC2CN)nc1C.Cl. The predicted molar refractivity (Wildman–Crippen MR) is 80.4 cm³/mol. The maximum Gasteiger partial charge on any atom is 0.259 e. The van der Waals surface area contributed by atoms with Gasteiger partial charge in [0, 0.05) is 18.8 Å². The van der Waals surface area contributed by atoms with Gasteiger partial charge in [0.25, 0.3) is 10.0 Å². The van der Waals surface area contributed by atoms with E-state index in [1.807, 2.05) is 11.5 Å². The lowest BCUT2D eigenvalue weighted by atomic mass is 10.1. The van der Waals surface area contributed by atoms with E-state index in [1.165, 1.54) is 0 Å². The number of rotatable bonds is 5. The van der Waals surface area contributed by atoms with Crippen molar-refractivity contribution < 1.29 is 8.42 Å². The second-order valence-electron chi connectivity index (χ2n) is 5.07. The molecule has 1 aliphatic rings. The van der Waals surface area contributed by atoms with E-state index in [0.717, 1.165) is 19.3 Å². The molecular formula is C12H23ClN4O2S. The van der Waals surface area contributed by atoms with Gasteiger partial charge in [0.2, 0.25) is 0 Å². The summed E-state index contributed by atoms with van der Waals surface area (Å²) in [7, 11) is -3.54. The molecule has 1 aliphatic carbocycles. The summed E-state index contributed by atoms with van der Waals surface area (Å²) in [5.74, 6) is 0.953. The average Bonchev–Trinajstić information content (AvgIpc) is 2.95. The molecule has 8 heteroatoms. The van der Waals surface area contributed by atoms with Gasteiger partial charge in [-0.15, -0.1) is 12.4 Å². The summed E-state index contributed by atoms with van der Waals surface area (Å²) in [4.78, 5) is 4.13. The smallest absolute Gasteiger partial charge is 0.259 e. The van der Waals surface area contributed by atoms with Gasteiger partial charge in [0.1, 0.15) is 5.82 Å². The molecule has 6 nitrogen and oxygen atoms in total. The molecule has 0 bridgehead atoms. The van der Waals surface area contributed by atoms with Crippen LogP contribution < -0.4 is 10.5 Å². The molecule has 0 radical (unpaired) electrons. The van der Waals surface area contributed by atoms with E-state index in [4.69, 9.17) is 5.73 Å². The van der Waals surface area contributed by atoms with Crippen molar-refractivity contribution in [3.8, 4) is 0 Å². The van der Waals surface area contributed by atoms with Crippen LogP contribution in [0.3, 0.4) is 0 Å². The standard InChI is InChI=1S/C12H22N4O2S.ClH/c1-3-16-8-12(14-9(16)2)19(17,18)15-11-6-4-5-10(11)7-13;/h8,10-11,15H,3-7,13H2,1-2H3;1H. The highest BCUT2D eigenvalue weighted by atomic mass is 35.5. The fourth-order valence-electron chi connectivity index (χ4n) is 2.66. The lowest BCUT2D eigenvalue weighted by Crippen LogP contribution is -2.39. The van der Waals surface area contributed by atoms with Crippen molar-refractivity contribution in [3.63, 3.8) is 0 Å². The first-order chi connectivity index (χ1) is 8.97. The van der Waals surface area contributed by atoms with Crippen LogP contribution in [0.2, 0.25) is 0 Å². The summed E-state index contributed by atoms with van der Waals surface area (Å²) in [6, 6.07) is -0.0536. The quantitative estimate of drug-likeness (QED) is 0.847. The number of nitrogens with zero attached hydrogens (tertiary/aromatic N) is 2. The zero-order chi connectivity index (χ0) is 14.0. The Kier molecular flexibility index (Phi) is 6.00. The van der Waals surface area contributed by atoms with Gasteiger partial charge in [-0.25, -0.2) is 18.1 Å². The van der Waals surface area contributed by atoms with E-state index in [2.05, 4.69) is 9.71 Å². The molecule has 1 aromatic rings. The Morgan fingerprint density at radius 2 is 2.20 bits per heavy atom. The zero-order valence-corrected chi connectivity index (χ0v) is 13.5.